The number of benzene rings is 3. The summed E-state index contributed by atoms with van der Waals surface area (Å²) < 4.78 is 8.96. The molecule has 1 fully saturated rings. The molecule has 0 radical (unpaired) electrons. The van der Waals surface area contributed by atoms with Crippen LogP contribution in [0.4, 0.5) is 5.82 Å². The van der Waals surface area contributed by atoms with Crippen molar-refractivity contribution in [2.45, 2.75) is 11.4 Å². The maximum absolute atomic E-state index is 5.51. The Morgan fingerprint density at radius 2 is 1.71 bits per heavy atom. The molecule has 1 saturated heterocycles. The van der Waals surface area contributed by atoms with E-state index in [1.54, 1.807) is 18.3 Å². The number of nitrogens with zero attached hydrogens (tertiary/aromatic N) is 3. The molecule has 6 heteroatoms. The fourth-order valence-electron chi connectivity index (χ4n) is 3.79. The van der Waals surface area contributed by atoms with Gasteiger partial charge in [0.15, 0.2) is 0 Å². The smallest absolute Gasteiger partial charge is 0.140 e. The molecule has 156 valence electrons. The summed E-state index contributed by atoms with van der Waals surface area (Å²) in [4.78, 5) is 12.5. The standard InChI is InChI=1S/C25H24N4OS/c1-2-5-19(6-3-1)17-28-31-22-8-4-7-20(15-22)21-9-10-24-23(16-21)25(27-18-26-24)29-11-13-30-14-12-29/h1-10,15-16,18,28H,11-14,17H2. The molecule has 1 aliphatic heterocycles. The summed E-state index contributed by atoms with van der Waals surface area (Å²) in [5.74, 6) is 0.991. The van der Waals surface area contributed by atoms with Gasteiger partial charge in [-0.2, -0.15) is 0 Å². The fourth-order valence-corrected chi connectivity index (χ4v) is 4.53. The van der Waals surface area contributed by atoms with E-state index in [1.807, 2.05) is 6.07 Å². The largest absolute Gasteiger partial charge is 0.378 e. The zero-order valence-electron chi connectivity index (χ0n) is 17.2. The van der Waals surface area contributed by atoms with Crippen LogP contribution in [0.25, 0.3) is 22.0 Å². The zero-order valence-corrected chi connectivity index (χ0v) is 18.0. The van der Waals surface area contributed by atoms with Gasteiger partial charge in [0.1, 0.15) is 12.1 Å². The third kappa shape index (κ3) is 4.71. The van der Waals surface area contributed by atoms with Gasteiger partial charge in [0.2, 0.25) is 0 Å². The Balaban J connectivity index is 1.38. The monoisotopic (exact) mass is 428 g/mol. The van der Waals surface area contributed by atoms with Gasteiger partial charge in [-0.05, 0) is 52.9 Å². The van der Waals surface area contributed by atoms with E-state index in [0.717, 1.165) is 49.6 Å². The highest BCUT2D eigenvalue weighted by molar-refractivity contribution is 7.97. The van der Waals surface area contributed by atoms with Crippen molar-refractivity contribution in [3.63, 3.8) is 0 Å². The predicted molar refractivity (Wildman–Crippen MR) is 127 cm³/mol. The van der Waals surface area contributed by atoms with Crippen molar-refractivity contribution in [2.75, 3.05) is 31.2 Å². The second-order valence-corrected chi connectivity index (χ2v) is 8.43. The number of rotatable bonds is 6. The molecule has 1 aromatic heterocycles. The van der Waals surface area contributed by atoms with Crippen LogP contribution in [-0.2, 0) is 11.3 Å². The molecule has 5 rings (SSSR count). The lowest BCUT2D eigenvalue weighted by Gasteiger charge is -2.28. The number of ether oxygens (including phenoxy) is 1. The molecule has 0 amide bonds. The highest BCUT2D eigenvalue weighted by Crippen LogP contribution is 2.30. The van der Waals surface area contributed by atoms with Gasteiger partial charge in [-0.1, -0.05) is 48.5 Å². The van der Waals surface area contributed by atoms with Gasteiger partial charge in [0, 0.05) is 29.9 Å². The number of fused-ring (bicyclic) bond motifs is 1. The van der Waals surface area contributed by atoms with Crippen molar-refractivity contribution in [1.29, 1.82) is 0 Å². The molecule has 4 aromatic rings. The average molecular weight is 429 g/mol. The molecule has 0 aliphatic carbocycles. The van der Waals surface area contributed by atoms with Crippen molar-refractivity contribution >= 4 is 28.7 Å². The third-order valence-corrected chi connectivity index (χ3v) is 6.18. The minimum Gasteiger partial charge on any atom is -0.378 e. The molecule has 0 unspecified atom stereocenters. The van der Waals surface area contributed by atoms with E-state index in [2.05, 4.69) is 86.3 Å². The van der Waals surface area contributed by atoms with Crippen molar-refractivity contribution < 1.29 is 4.74 Å². The SMILES string of the molecule is c1ccc(CNSc2cccc(-c3ccc4ncnc(N5CCOCC5)c4c3)c2)cc1. The van der Waals surface area contributed by atoms with Gasteiger partial charge in [0.05, 0.1) is 18.7 Å². The summed E-state index contributed by atoms with van der Waals surface area (Å²) in [5, 5.41) is 1.09. The lowest BCUT2D eigenvalue weighted by molar-refractivity contribution is 0.122. The topological polar surface area (TPSA) is 50.3 Å². The molecule has 0 saturated carbocycles. The number of anilines is 1. The van der Waals surface area contributed by atoms with Gasteiger partial charge in [-0.25, -0.2) is 9.97 Å². The highest BCUT2D eigenvalue weighted by Gasteiger charge is 2.16. The Bertz CT molecular complexity index is 1160. The molecule has 0 spiro atoms. The van der Waals surface area contributed by atoms with Crippen molar-refractivity contribution in [2.24, 2.45) is 0 Å². The quantitative estimate of drug-likeness (QED) is 0.440. The fraction of sp³-hybridized carbons (Fsp3) is 0.200. The Hall–Kier alpha value is -2.93. The first-order valence-electron chi connectivity index (χ1n) is 10.5. The molecule has 2 heterocycles. The third-order valence-electron chi connectivity index (χ3n) is 5.40. The van der Waals surface area contributed by atoms with Crippen LogP contribution in [0.5, 0.6) is 0 Å². The zero-order chi connectivity index (χ0) is 20.9. The van der Waals surface area contributed by atoms with E-state index in [4.69, 9.17) is 4.74 Å². The van der Waals surface area contributed by atoms with Crippen LogP contribution in [0, 0.1) is 0 Å². The molecular formula is C25H24N4OS. The Kier molecular flexibility index (Phi) is 6.11. The van der Waals surface area contributed by atoms with Crippen LogP contribution in [0.2, 0.25) is 0 Å². The first kappa shape index (κ1) is 20.0. The minimum atomic E-state index is 0.737. The number of hydrogen-bond acceptors (Lipinski definition) is 6. The van der Waals surface area contributed by atoms with Crippen molar-refractivity contribution in [1.82, 2.24) is 14.7 Å². The second-order valence-electron chi connectivity index (χ2n) is 7.47. The minimum absolute atomic E-state index is 0.737. The summed E-state index contributed by atoms with van der Waals surface area (Å²) >= 11 is 1.66. The summed E-state index contributed by atoms with van der Waals surface area (Å²) in [6.45, 7) is 4.01. The Morgan fingerprint density at radius 1 is 0.871 bits per heavy atom. The van der Waals surface area contributed by atoms with Crippen LogP contribution in [-0.4, -0.2) is 36.3 Å². The van der Waals surface area contributed by atoms with Crippen LogP contribution in [0.15, 0.2) is 84.0 Å². The Labute approximate surface area is 186 Å². The van der Waals surface area contributed by atoms with Crippen LogP contribution in [0.3, 0.4) is 0 Å². The van der Waals surface area contributed by atoms with Crippen molar-refractivity contribution in [3.8, 4) is 11.1 Å². The summed E-state index contributed by atoms with van der Waals surface area (Å²) in [6.07, 6.45) is 1.66. The van der Waals surface area contributed by atoms with Crippen LogP contribution < -0.4 is 9.62 Å². The normalized spacial score (nSPS) is 14.1. The summed E-state index contributed by atoms with van der Waals surface area (Å²) in [5.41, 5.74) is 4.60. The first-order valence-corrected chi connectivity index (χ1v) is 11.3. The molecule has 0 bridgehead atoms. The number of aromatic nitrogens is 2. The number of hydrogen-bond donors (Lipinski definition) is 1. The lowest BCUT2D eigenvalue weighted by Crippen LogP contribution is -2.36. The van der Waals surface area contributed by atoms with Gasteiger partial charge >= 0.3 is 0 Å². The Morgan fingerprint density at radius 3 is 2.58 bits per heavy atom. The molecule has 0 atom stereocenters. The maximum atomic E-state index is 5.51. The molecule has 1 aliphatic rings. The van der Waals surface area contributed by atoms with E-state index in [1.165, 1.54) is 21.6 Å². The summed E-state index contributed by atoms with van der Waals surface area (Å²) in [7, 11) is 0. The van der Waals surface area contributed by atoms with E-state index in [-0.39, 0.29) is 0 Å². The first-order chi connectivity index (χ1) is 15.4. The van der Waals surface area contributed by atoms with Gasteiger partial charge in [-0.15, -0.1) is 0 Å². The number of morpholine rings is 1. The molecule has 3 aromatic carbocycles. The number of nitrogens with one attached hydrogen (secondary N) is 1. The maximum Gasteiger partial charge on any atom is 0.140 e. The average Bonchev–Trinajstić information content (AvgIpc) is 2.85. The highest BCUT2D eigenvalue weighted by atomic mass is 32.2. The lowest BCUT2D eigenvalue weighted by atomic mass is 10.0. The predicted octanol–water partition coefficient (Wildman–Crippen LogP) is 4.93. The van der Waals surface area contributed by atoms with E-state index >= 15 is 0 Å². The van der Waals surface area contributed by atoms with Crippen LogP contribution in [0.1, 0.15) is 5.56 Å². The molecule has 5 nitrogen and oxygen atoms in total. The molecular weight excluding hydrogens is 404 g/mol. The van der Waals surface area contributed by atoms with Gasteiger partial charge in [0.25, 0.3) is 0 Å². The van der Waals surface area contributed by atoms with Gasteiger partial charge < -0.3 is 9.64 Å². The molecule has 1 N–H and O–H groups in total. The van der Waals surface area contributed by atoms with E-state index < -0.39 is 0 Å². The van der Waals surface area contributed by atoms with Gasteiger partial charge in [-0.3, -0.25) is 4.72 Å². The van der Waals surface area contributed by atoms with Crippen LogP contribution >= 0.6 is 11.9 Å². The summed E-state index contributed by atoms with van der Waals surface area (Å²) in [6, 6.07) is 25.5. The van der Waals surface area contributed by atoms with E-state index in [9.17, 15) is 0 Å². The molecule has 31 heavy (non-hydrogen) atoms. The van der Waals surface area contributed by atoms with Crippen molar-refractivity contribution in [3.05, 3.63) is 84.7 Å². The van der Waals surface area contributed by atoms with E-state index in [0.29, 0.717) is 0 Å². The second kappa shape index (κ2) is 9.47.